The molecular formula is C13H14N6S. The molecule has 1 aliphatic heterocycles. The maximum atomic E-state index is 5.49. The second kappa shape index (κ2) is 3.92. The highest BCUT2D eigenvalue weighted by atomic mass is 32.1. The van der Waals surface area contributed by atoms with E-state index in [9.17, 15) is 0 Å². The van der Waals surface area contributed by atoms with Crippen molar-refractivity contribution in [3.8, 4) is 0 Å². The van der Waals surface area contributed by atoms with Gasteiger partial charge in [-0.2, -0.15) is 0 Å². The van der Waals surface area contributed by atoms with E-state index < -0.39 is 0 Å². The van der Waals surface area contributed by atoms with E-state index in [4.69, 9.17) is 5.84 Å². The predicted molar refractivity (Wildman–Crippen MR) is 80.6 cm³/mol. The lowest BCUT2D eigenvalue weighted by molar-refractivity contribution is 0.720. The third kappa shape index (κ3) is 1.41. The van der Waals surface area contributed by atoms with E-state index in [2.05, 4.69) is 33.4 Å². The average Bonchev–Trinajstić information content (AvgIpc) is 3.00. The lowest BCUT2D eigenvalue weighted by Crippen LogP contribution is -2.24. The van der Waals surface area contributed by atoms with Crippen molar-refractivity contribution in [2.45, 2.75) is 20.4 Å². The molecule has 0 bridgehead atoms. The number of aromatic nitrogens is 3. The van der Waals surface area contributed by atoms with Crippen LogP contribution in [0.4, 0.5) is 5.82 Å². The number of hydrogen-bond acceptors (Lipinski definition) is 6. The zero-order chi connectivity index (χ0) is 13.9. The standard InChI is InChI=1S/C13H14N6S/c1-6-5-7(2)16-12-8(6)9-10(20-12)11-15-3-4-19(11)13(17-9)18-14/h5,15H,3-4,14H2,1-2H3/b18-13+. The van der Waals surface area contributed by atoms with Crippen molar-refractivity contribution in [2.24, 2.45) is 10.9 Å². The Bertz CT molecular complexity index is 920. The highest BCUT2D eigenvalue weighted by Gasteiger charge is 2.20. The first kappa shape index (κ1) is 11.7. The molecule has 3 N–H and O–H groups in total. The Morgan fingerprint density at radius 2 is 2.25 bits per heavy atom. The third-order valence-corrected chi connectivity index (χ3v) is 4.72. The van der Waals surface area contributed by atoms with E-state index in [0.29, 0.717) is 5.62 Å². The van der Waals surface area contributed by atoms with Gasteiger partial charge in [-0.05, 0) is 25.5 Å². The number of nitrogens with zero attached hydrogens (tertiary/aromatic N) is 4. The van der Waals surface area contributed by atoms with Gasteiger partial charge >= 0.3 is 0 Å². The summed E-state index contributed by atoms with van der Waals surface area (Å²) in [7, 11) is 0. The van der Waals surface area contributed by atoms with Crippen LogP contribution in [0.5, 0.6) is 0 Å². The Kier molecular flexibility index (Phi) is 2.29. The summed E-state index contributed by atoms with van der Waals surface area (Å²) < 4.78 is 3.16. The summed E-state index contributed by atoms with van der Waals surface area (Å²) in [6, 6.07) is 2.09. The fourth-order valence-electron chi connectivity index (χ4n) is 2.85. The van der Waals surface area contributed by atoms with E-state index in [1.807, 2.05) is 11.5 Å². The fourth-order valence-corrected chi connectivity index (χ4v) is 4.11. The number of pyridine rings is 1. The summed E-state index contributed by atoms with van der Waals surface area (Å²) in [4.78, 5) is 10.3. The Morgan fingerprint density at radius 3 is 3.05 bits per heavy atom. The SMILES string of the molecule is Cc1cc(C)c2c(n1)sc1c3n(/c(=N/N)nc12)CCN3. The first-order valence-corrected chi connectivity index (χ1v) is 7.30. The minimum Gasteiger partial charge on any atom is -0.368 e. The van der Waals surface area contributed by atoms with Gasteiger partial charge in [0.1, 0.15) is 10.6 Å². The van der Waals surface area contributed by atoms with Crippen LogP contribution in [0.2, 0.25) is 0 Å². The summed E-state index contributed by atoms with van der Waals surface area (Å²) >= 11 is 1.68. The Balaban J connectivity index is 2.28. The van der Waals surface area contributed by atoms with Gasteiger partial charge in [-0.1, -0.05) is 0 Å². The van der Waals surface area contributed by atoms with Crippen molar-refractivity contribution in [1.82, 2.24) is 14.5 Å². The van der Waals surface area contributed by atoms with Crippen LogP contribution in [0.15, 0.2) is 11.2 Å². The topological polar surface area (TPSA) is 81.1 Å². The van der Waals surface area contributed by atoms with Crippen LogP contribution in [0.25, 0.3) is 20.4 Å². The van der Waals surface area contributed by atoms with Crippen LogP contribution in [0, 0.1) is 13.8 Å². The van der Waals surface area contributed by atoms with Gasteiger partial charge in [0, 0.05) is 24.2 Å². The van der Waals surface area contributed by atoms with E-state index in [-0.39, 0.29) is 0 Å². The summed E-state index contributed by atoms with van der Waals surface area (Å²) in [5, 5.41) is 8.33. The Morgan fingerprint density at radius 1 is 1.40 bits per heavy atom. The minimum atomic E-state index is 0.567. The molecule has 20 heavy (non-hydrogen) atoms. The van der Waals surface area contributed by atoms with Crippen LogP contribution in [0.3, 0.4) is 0 Å². The van der Waals surface area contributed by atoms with E-state index >= 15 is 0 Å². The van der Waals surface area contributed by atoms with Crippen molar-refractivity contribution in [1.29, 1.82) is 0 Å². The second-order valence-corrected chi connectivity index (χ2v) is 6.01. The first-order valence-electron chi connectivity index (χ1n) is 6.48. The first-order chi connectivity index (χ1) is 9.69. The zero-order valence-electron chi connectivity index (χ0n) is 11.3. The van der Waals surface area contributed by atoms with E-state index in [1.54, 1.807) is 11.3 Å². The average molecular weight is 286 g/mol. The molecule has 6 nitrogen and oxygen atoms in total. The molecule has 0 unspecified atom stereocenters. The Labute approximate surface area is 119 Å². The number of fused-ring (bicyclic) bond motifs is 5. The van der Waals surface area contributed by atoms with Gasteiger partial charge < -0.3 is 11.2 Å². The molecule has 3 aromatic rings. The van der Waals surface area contributed by atoms with Crippen LogP contribution in [0.1, 0.15) is 11.3 Å². The van der Waals surface area contributed by atoms with Gasteiger partial charge in [0.25, 0.3) is 0 Å². The van der Waals surface area contributed by atoms with Gasteiger partial charge in [-0.15, -0.1) is 16.4 Å². The molecule has 3 aromatic heterocycles. The van der Waals surface area contributed by atoms with Crippen LogP contribution < -0.4 is 16.8 Å². The molecule has 4 heterocycles. The smallest absolute Gasteiger partial charge is 0.248 e. The molecule has 0 radical (unpaired) electrons. The molecular weight excluding hydrogens is 272 g/mol. The molecule has 0 spiro atoms. The van der Waals surface area contributed by atoms with Crippen molar-refractivity contribution >= 4 is 37.6 Å². The third-order valence-electron chi connectivity index (χ3n) is 3.64. The molecule has 0 fully saturated rings. The molecule has 0 amide bonds. The van der Waals surface area contributed by atoms with Crippen molar-refractivity contribution in [3.63, 3.8) is 0 Å². The number of nitrogens with two attached hydrogens (primary N) is 1. The minimum absolute atomic E-state index is 0.567. The monoisotopic (exact) mass is 286 g/mol. The van der Waals surface area contributed by atoms with Crippen LogP contribution in [-0.4, -0.2) is 21.1 Å². The van der Waals surface area contributed by atoms with Crippen molar-refractivity contribution < 1.29 is 0 Å². The quantitative estimate of drug-likeness (QED) is 0.484. The predicted octanol–water partition coefficient (Wildman–Crippen LogP) is 1.46. The largest absolute Gasteiger partial charge is 0.368 e. The van der Waals surface area contributed by atoms with Gasteiger partial charge in [-0.3, -0.25) is 4.57 Å². The number of rotatable bonds is 0. The molecule has 102 valence electrons. The maximum absolute atomic E-state index is 5.49. The van der Waals surface area contributed by atoms with Crippen molar-refractivity contribution in [3.05, 3.63) is 22.9 Å². The molecule has 7 heteroatoms. The lowest BCUT2D eigenvalue weighted by Gasteiger charge is -2.04. The van der Waals surface area contributed by atoms with Gasteiger partial charge in [0.2, 0.25) is 5.62 Å². The molecule has 0 saturated carbocycles. The number of nitrogens with one attached hydrogen (secondary N) is 1. The van der Waals surface area contributed by atoms with E-state index in [1.165, 1.54) is 5.56 Å². The van der Waals surface area contributed by atoms with E-state index in [0.717, 1.165) is 45.0 Å². The normalized spacial score (nSPS) is 15.0. The fraction of sp³-hybridized carbons (Fsp3) is 0.308. The molecule has 4 rings (SSSR count). The highest BCUT2D eigenvalue weighted by Crippen LogP contribution is 2.37. The van der Waals surface area contributed by atoms with Gasteiger partial charge in [0.15, 0.2) is 0 Å². The number of thiophene rings is 1. The summed E-state index contributed by atoms with van der Waals surface area (Å²) in [5.74, 6) is 6.55. The number of anilines is 1. The Hall–Kier alpha value is -2.15. The summed E-state index contributed by atoms with van der Waals surface area (Å²) in [5.41, 5.74) is 3.73. The maximum Gasteiger partial charge on any atom is 0.248 e. The van der Waals surface area contributed by atoms with Crippen LogP contribution >= 0.6 is 11.3 Å². The zero-order valence-corrected chi connectivity index (χ0v) is 12.1. The van der Waals surface area contributed by atoms with Gasteiger partial charge in [0.05, 0.1) is 10.2 Å². The number of aryl methyl sites for hydroxylation is 2. The van der Waals surface area contributed by atoms with Gasteiger partial charge in [-0.25, -0.2) is 9.97 Å². The molecule has 0 saturated heterocycles. The second-order valence-electron chi connectivity index (χ2n) is 5.01. The van der Waals surface area contributed by atoms with Crippen molar-refractivity contribution in [2.75, 3.05) is 11.9 Å². The molecule has 0 atom stereocenters. The summed E-state index contributed by atoms with van der Waals surface area (Å²) in [6.07, 6.45) is 0. The summed E-state index contributed by atoms with van der Waals surface area (Å²) in [6.45, 7) is 5.83. The highest BCUT2D eigenvalue weighted by molar-refractivity contribution is 7.26. The molecule has 1 aliphatic rings. The molecule has 0 aliphatic carbocycles. The van der Waals surface area contributed by atoms with Crippen LogP contribution in [-0.2, 0) is 6.54 Å². The lowest BCUT2D eigenvalue weighted by atomic mass is 10.1. The number of hydrogen-bond donors (Lipinski definition) is 2. The molecule has 0 aromatic carbocycles.